The van der Waals surface area contributed by atoms with E-state index in [1.54, 1.807) is 0 Å². The van der Waals surface area contributed by atoms with Gasteiger partial charge in [-0.25, -0.2) is 9.97 Å². The van der Waals surface area contributed by atoms with Crippen LogP contribution in [0.5, 0.6) is 0 Å². The number of rotatable bonds is 5. The third-order valence-corrected chi connectivity index (χ3v) is 12.4. The van der Waals surface area contributed by atoms with Crippen LogP contribution in [-0.2, 0) is 0 Å². The SMILES string of the molecule is c1ccc(-c2nc(-c3ccc4c(c3)oc3ccccc34)cc(-c3cccc4sc5ccc(-c6ccc7c(c6)c6ccccc6n7-c6ccccc6)cc5c34)n2)cc1. The molecule has 5 heteroatoms. The molecule has 0 fully saturated rings. The van der Waals surface area contributed by atoms with Crippen molar-refractivity contribution in [2.75, 3.05) is 0 Å². The molecule has 0 saturated carbocycles. The van der Waals surface area contributed by atoms with E-state index in [-0.39, 0.29) is 0 Å². The van der Waals surface area contributed by atoms with Crippen LogP contribution in [0.15, 0.2) is 192 Å². The van der Waals surface area contributed by atoms with E-state index in [0.29, 0.717) is 5.82 Å². The Hall–Kier alpha value is -7.34. The highest BCUT2D eigenvalue weighted by molar-refractivity contribution is 7.26. The third-order valence-electron chi connectivity index (χ3n) is 11.2. The molecule has 0 unspecified atom stereocenters. The summed E-state index contributed by atoms with van der Waals surface area (Å²) in [6.07, 6.45) is 0. The summed E-state index contributed by atoms with van der Waals surface area (Å²) in [6, 6.07) is 66.7. The van der Waals surface area contributed by atoms with E-state index in [2.05, 4.69) is 162 Å². The molecule has 0 amide bonds. The quantitative estimate of drug-likeness (QED) is 0.176. The van der Waals surface area contributed by atoms with Crippen molar-refractivity contribution in [1.29, 1.82) is 0 Å². The molecule has 0 atom stereocenters. The van der Waals surface area contributed by atoms with Crippen molar-refractivity contribution in [2.24, 2.45) is 0 Å². The van der Waals surface area contributed by atoms with Crippen LogP contribution in [0.4, 0.5) is 0 Å². The van der Waals surface area contributed by atoms with Crippen molar-refractivity contribution in [3.05, 3.63) is 188 Å². The summed E-state index contributed by atoms with van der Waals surface area (Å²) in [5.74, 6) is 0.688. The fourth-order valence-corrected chi connectivity index (χ4v) is 9.67. The molecule has 4 aromatic heterocycles. The summed E-state index contributed by atoms with van der Waals surface area (Å²) in [5.41, 5.74) is 12.4. The van der Waals surface area contributed by atoms with Crippen LogP contribution in [0.1, 0.15) is 0 Å². The van der Waals surface area contributed by atoms with Crippen molar-refractivity contribution in [1.82, 2.24) is 14.5 Å². The van der Waals surface area contributed by atoms with E-state index >= 15 is 0 Å². The number of para-hydroxylation sites is 3. The number of nitrogens with zero attached hydrogens (tertiary/aromatic N) is 3. The minimum absolute atomic E-state index is 0.688. The highest BCUT2D eigenvalue weighted by atomic mass is 32.1. The zero-order valence-electron chi connectivity index (χ0n) is 30.6. The second-order valence-corrected chi connectivity index (χ2v) is 15.6. The average Bonchev–Trinajstić information content (AvgIpc) is 3.95. The lowest BCUT2D eigenvalue weighted by Crippen LogP contribution is -1.96. The summed E-state index contributed by atoms with van der Waals surface area (Å²) in [5, 5.41) is 7.12. The standard InChI is InChI=1S/C52H31N3OS/c1-3-12-32(13-4-1)52-53-43(35-22-25-39-38-17-8-10-20-47(38)56-48(39)30-35)31-44(54-52)40-18-11-21-50-51(40)42-29-34(24-27-49(42)57-50)33-23-26-46-41(28-33)37-16-7-9-19-45(37)55(46)36-14-5-2-6-15-36/h1-31H. The van der Waals surface area contributed by atoms with E-state index in [9.17, 15) is 0 Å². The van der Waals surface area contributed by atoms with Crippen LogP contribution in [0, 0.1) is 0 Å². The van der Waals surface area contributed by atoms with Gasteiger partial charge in [-0.3, -0.25) is 0 Å². The Morgan fingerprint density at radius 1 is 0.404 bits per heavy atom. The third kappa shape index (κ3) is 5.13. The molecule has 266 valence electrons. The Morgan fingerprint density at radius 2 is 1.09 bits per heavy atom. The van der Waals surface area contributed by atoms with Crippen LogP contribution in [0.25, 0.3) is 115 Å². The van der Waals surface area contributed by atoms with Crippen LogP contribution in [0.3, 0.4) is 0 Å². The summed E-state index contributed by atoms with van der Waals surface area (Å²) in [6.45, 7) is 0. The number of benzene rings is 8. The van der Waals surface area contributed by atoms with Crippen LogP contribution >= 0.6 is 11.3 Å². The Kier molecular flexibility index (Phi) is 7.06. The summed E-state index contributed by atoms with van der Waals surface area (Å²) in [7, 11) is 0. The first-order valence-electron chi connectivity index (χ1n) is 19.1. The number of hydrogen-bond donors (Lipinski definition) is 0. The highest BCUT2D eigenvalue weighted by Crippen LogP contribution is 2.43. The monoisotopic (exact) mass is 745 g/mol. The van der Waals surface area contributed by atoms with Crippen molar-refractivity contribution in [2.45, 2.75) is 0 Å². The molecular weight excluding hydrogens is 715 g/mol. The van der Waals surface area contributed by atoms with Crippen molar-refractivity contribution in [3.63, 3.8) is 0 Å². The Bertz CT molecular complexity index is 3520. The number of fused-ring (bicyclic) bond motifs is 9. The van der Waals surface area contributed by atoms with Crippen LogP contribution in [0.2, 0.25) is 0 Å². The highest BCUT2D eigenvalue weighted by Gasteiger charge is 2.18. The molecule has 0 N–H and O–H groups in total. The first-order chi connectivity index (χ1) is 28.2. The molecule has 0 aliphatic heterocycles. The Balaban J connectivity index is 1.03. The maximum Gasteiger partial charge on any atom is 0.160 e. The van der Waals surface area contributed by atoms with Gasteiger partial charge in [-0.05, 0) is 83.9 Å². The van der Waals surface area contributed by atoms with Gasteiger partial charge in [0.2, 0.25) is 0 Å². The van der Waals surface area contributed by atoms with Gasteiger partial charge in [0.05, 0.1) is 22.4 Å². The second kappa shape index (κ2) is 12.6. The summed E-state index contributed by atoms with van der Waals surface area (Å²) in [4.78, 5) is 10.4. The van der Waals surface area contributed by atoms with Gasteiger partial charge in [0, 0.05) is 64.1 Å². The van der Waals surface area contributed by atoms with E-state index in [1.165, 1.54) is 53.1 Å². The molecule has 8 aromatic carbocycles. The summed E-state index contributed by atoms with van der Waals surface area (Å²) >= 11 is 1.83. The molecular formula is C52H31N3OS. The van der Waals surface area contributed by atoms with E-state index in [0.717, 1.165) is 55.7 Å². The van der Waals surface area contributed by atoms with Gasteiger partial charge < -0.3 is 8.98 Å². The first kappa shape index (κ1) is 32.0. The predicted molar refractivity (Wildman–Crippen MR) is 238 cm³/mol. The number of hydrogen-bond acceptors (Lipinski definition) is 4. The van der Waals surface area contributed by atoms with Gasteiger partial charge in [0.1, 0.15) is 11.2 Å². The molecule has 4 heterocycles. The van der Waals surface area contributed by atoms with Gasteiger partial charge in [0.15, 0.2) is 5.82 Å². The minimum atomic E-state index is 0.688. The summed E-state index contributed by atoms with van der Waals surface area (Å²) < 4.78 is 11.2. The van der Waals surface area contributed by atoms with Crippen LogP contribution in [-0.4, -0.2) is 14.5 Å². The van der Waals surface area contributed by atoms with E-state index < -0.39 is 0 Å². The maximum atomic E-state index is 6.31. The molecule has 57 heavy (non-hydrogen) atoms. The molecule has 0 bridgehead atoms. The molecule has 0 saturated heterocycles. The average molecular weight is 746 g/mol. The van der Waals surface area contributed by atoms with Gasteiger partial charge >= 0.3 is 0 Å². The number of aromatic nitrogens is 3. The lowest BCUT2D eigenvalue weighted by atomic mass is 9.98. The Labute approximate surface area is 331 Å². The molecule has 0 aliphatic carbocycles. The van der Waals surface area contributed by atoms with Gasteiger partial charge in [-0.1, -0.05) is 115 Å². The number of furan rings is 1. The van der Waals surface area contributed by atoms with Gasteiger partial charge in [0.25, 0.3) is 0 Å². The molecule has 0 spiro atoms. The topological polar surface area (TPSA) is 43.9 Å². The van der Waals surface area contributed by atoms with Gasteiger partial charge in [-0.2, -0.15) is 0 Å². The second-order valence-electron chi connectivity index (χ2n) is 14.5. The van der Waals surface area contributed by atoms with Crippen molar-refractivity contribution >= 4 is 75.3 Å². The minimum Gasteiger partial charge on any atom is -0.456 e. The Morgan fingerprint density at radius 3 is 1.96 bits per heavy atom. The maximum absolute atomic E-state index is 6.31. The fourth-order valence-electron chi connectivity index (χ4n) is 8.56. The number of thiophene rings is 1. The van der Waals surface area contributed by atoms with Crippen LogP contribution < -0.4 is 0 Å². The molecule has 0 aliphatic rings. The fraction of sp³-hybridized carbons (Fsp3) is 0. The first-order valence-corrected chi connectivity index (χ1v) is 20.0. The zero-order chi connectivity index (χ0) is 37.5. The molecule has 4 nitrogen and oxygen atoms in total. The van der Waals surface area contributed by atoms with Gasteiger partial charge in [-0.15, -0.1) is 11.3 Å². The van der Waals surface area contributed by atoms with E-state index in [1.807, 2.05) is 41.7 Å². The van der Waals surface area contributed by atoms with Crippen molar-refractivity contribution in [3.8, 4) is 50.7 Å². The normalized spacial score (nSPS) is 11.9. The molecule has 12 rings (SSSR count). The smallest absolute Gasteiger partial charge is 0.160 e. The predicted octanol–water partition coefficient (Wildman–Crippen LogP) is 14.5. The molecule has 0 radical (unpaired) electrons. The molecule has 12 aromatic rings. The lowest BCUT2D eigenvalue weighted by Gasteiger charge is -2.11. The van der Waals surface area contributed by atoms with E-state index in [4.69, 9.17) is 14.4 Å². The van der Waals surface area contributed by atoms with Crippen molar-refractivity contribution < 1.29 is 4.42 Å². The largest absolute Gasteiger partial charge is 0.456 e. The lowest BCUT2D eigenvalue weighted by molar-refractivity contribution is 0.669. The zero-order valence-corrected chi connectivity index (χ0v) is 31.4.